The van der Waals surface area contributed by atoms with Crippen LogP contribution in [0.1, 0.15) is 12.8 Å². The van der Waals surface area contributed by atoms with Gasteiger partial charge in [0.15, 0.2) is 0 Å². The zero-order valence-corrected chi connectivity index (χ0v) is 11.6. The number of aromatic nitrogens is 1. The van der Waals surface area contributed by atoms with E-state index in [9.17, 15) is 5.11 Å². The maximum atomic E-state index is 9.60. The summed E-state index contributed by atoms with van der Waals surface area (Å²) < 4.78 is 4.54. The molecule has 19 heavy (non-hydrogen) atoms. The Morgan fingerprint density at radius 1 is 1.26 bits per heavy atom. The van der Waals surface area contributed by atoms with Crippen LogP contribution in [0.3, 0.4) is 0 Å². The standard InChI is InChI=1S/C15H18N2OS/c18-9-11-7-17(8-13(11)10-5-6-10)15-12-3-1-2-4-14(12)16-19-15/h1-4,10-11,13,18H,5-9H2/t11-,13-/m0/s1. The molecule has 2 atom stereocenters. The average molecular weight is 274 g/mol. The first kappa shape index (κ1) is 11.7. The predicted octanol–water partition coefficient (Wildman–Crippen LogP) is 2.75. The Morgan fingerprint density at radius 2 is 2.11 bits per heavy atom. The second kappa shape index (κ2) is 4.46. The molecule has 100 valence electrons. The van der Waals surface area contributed by atoms with Gasteiger partial charge in [-0.1, -0.05) is 12.1 Å². The van der Waals surface area contributed by atoms with E-state index in [2.05, 4.69) is 27.5 Å². The second-order valence-corrected chi connectivity index (χ2v) is 6.61. The summed E-state index contributed by atoms with van der Waals surface area (Å²) >= 11 is 1.60. The van der Waals surface area contributed by atoms with Crippen LogP contribution >= 0.6 is 11.5 Å². The van der Waals surface area contributed by atoms with E-state index >= 15 is 0 Å². The zero-order valence-electron chi connectivity index (χ0n) is 10.8. The summed E-state index contributed by atoms with van der Waals surface area (Å²) in [4.78, 5) is 2.45. The number of hydrogen-bond acceptors (Lipinski definition) is 4. The van der Waals surface area contributed by atoms with Crippen molar-refractivity contribution in [1.82, 2.24) is 4.37 Å². The maximum absolute atomic E-state index is 9.60. The second-order valence-electron chi connectivity index (χ2n) is 5.85. The first-order chi connectivity index (χ1) is 9.36. The highest BCUT2D eigenvalue weighted by molar-refractivity contribution is 7.11. The molecule has 3 nitrogen and oxygen atoms in total. The number of rotatable bonds is 3. The van der Waals surface area contributed by atoms with Crippen molar-refractivity contribution in [1.29, 1.82) is 0 Å². The molecule has 0 radical (unpaired) electrons. The van der Waals surface area contributed by atoms with Gasteiger partial charge >= 0.3 is 0 Å². The van der Waals surface area contributed by atoms with E-state index in [0.29, 0.717) is 18.4 Å². The molecule has 2 aliphatic rings. The lowest BCUT2D eigenvalue weighted by Gasteiger charge is -2.16. The minimum atomic E-state index is 0.328. The molecule has 0 spiro atoms. The van der Waals surface area contributed by atoms with Crippen molar-refractivity contribution in [3.05, 3.63) is 24.3 Å². The van der Waals surface area contributed by atoms with Crippen molar-refractivity contribution in [2.75, 3.05) is 24.6 Å². The Hall–Kier alpha value is -1.13. The first-order valence-electron chi connectivity index (χ1n) is 7.07. The smallest absolute Gasteiger partial charge is 0.119 e. The number of nitrogens with zero attached hydrogens (tertiary/aromatic N) is 2. The molecule has 0 bridgehead atoms. The highest BCUT2D eigenvalue weighted by atomic mass is 32.1. The number of hydrogen-bond donors (Lipinski definition) is 1. The van der Waals surface area contributed by atoms with Gasteiger partial charge in [-0.15, -0.1) is 0 Å². The SMILES string of the molecule is OC[C@@H]1CN(c2snc3ccccc23)C[C@H]1C1CC1. The molecule has 1 saturated carbocycles. The van der Waals surface area contributed by atoms with Gasteiger partial charge in [-0.3, -0.25) is 0 Å². The van der Waals surface area contributed by atoms with E-state index < -0.39 is 0 Å². The largest absolute Gasteiger partial charge is 0.396 e. The van der Waals surface area contributed by atoms with Gasteiger partial charge in [-0.2, -0.15) is 4.37 Å². The van der Waals surface area contributed by atoms with E-state index in [1.807, 2.05) is 6.07 Å². The lowest BCUT2D eigenvalue weighted by atomic mass is 9.92. The minimum Gasteiger partial charge on any atom is -0.396 e. The highest BCUT2D eigenvalue weighted by Crippen LogP contribution is 2.46. The number of anilines is 1. The summed E-state index contributed by atoms with van der Waals surface area (Å²) in [5.41, 5.74) is 1.10. The molecule has 0 unspecified atom stereocenters. The molecular weight excluding hydrogens is 256 g/mol. The van der Waals surface area contributed by atoms with Crippen LogP contribution in [-0.2, 0) is 0 Å². The summed E-state index contributed by atoms with van der Waals surface area (Å²) in [6.45, 7) is 2.42. The molecule has 2 aromatic rings. The fourth-order valence-corrected chi connectivity index (χ4v) is 4.30. The minimum absolute atomic E-state index is 0.328. The third kappa shape index (κ3) is 1.94. The Balaban J connectivity index is 1.66. The lowest BCUT2D eigenvalue weighted by Crippen LogP contribution is -2.19. The summed E-state index contributed by atoms with van der Waals surface area (Å²) in [6.07, 6.45) is 2.72. The number of fused-ring (bicyclic) bond motifs is 1. The maximum Gasteiger partial charge on any atom is 0.119 e. The van der Waals surface area contributed by atoms with Gasteiger partial charge in [-0.25, -0.2) is 0 Å². The van der Waals surface area contributed by atoms with Gasteiger partial charge in [0.2, 0.25) is 0 Å². The Morgan fingerprint density at radius 3 is 2.89 bits per heavy atom. The summed E-state index contributed by atoms with van der Waals surface area (Å²) in [5, 5.41) is 12.2. The summed E-state index contributed by atoms with van der Waals surface area (Å²) in [7, 11) is 0. The van der Waals surface area contributed by atoms with Gasteiger partial charge in [0.25, 0.3) is 0 Å². The van der Waals surface area contributed by atoms with Crippen LogP contribution in [0.4, 0.5) is 5.00 Å². The first-order valence-corrected chi connectivity index (χ1v) is 7.84. The number of aliphatic hydroxyl groups excluding tert-OH is 1. The monoisotopic (exact) mass is 274 g/mol. The summed E-state index contributed by atoms with van der Waals surface area (Å²) in [6, 6.07) is 8.36. The van der Waals surface area contributed by atoms with Crippen LogP contribution in [-0.4, -0.2) is 29.2 Å². The summed E-state index contributed by atoms with van der Waals surface area (Å²) in [5.74, 6) is 2.00. The molecule has 0 amide bonds. The number of benzene rings is 1. The predicted molar refractivity (Wildman–Crippen MR) is 78.6 cm³/mol. The fourth-order valence-electron chi connectivity index (χ4n) is 3.42. The van der Waals surface area contributed by atoms with Gasteiger partial charge in [-0.05, 0) is 48.3 Å². The van der Waals surface area contributed by atoms with E-state index in [4.69, 9.17) is 0 Å². The van der Waals surface area contributed by atoms with Crippen molar-refractivity contribution >= 4 is 27.4 Å². The Labute approximate surface area is 117 Å². The van der Waals surface area contributed by atoms with E-state index in [1.54, 1.807) is 11.5 Å². The number of aliphatic hydroxyl groups is 1. The van der Waals surface area contributed by atoms with Gasteiger partial charge in [0, 0.05) is 31.0 Å². The topological polar surface area (TPSA) is 36.4 Å². The van der Waals surface area contributed by atoms with Gasteiger partial charge < -0.3 is 10.0 Å². The van der Waals surface area contributed by atoms with Crippen molar-refractivity contribution in [2.45, 2.75) is 12.8 Å². The fraction of sp³-hybridized carbons (Fsp3) is 0.533. The third-order valence-electron chi connectivity index (χ3n) is 4.61. The highest BCUT2D eigenvalue weighted by Gasteiger charge is 2.42. The molecule has 1 N–H and O–H groups in total. The van der Waals surface area contributed by atoms with E-state index in [-0.39, 0.29) is 0 Å². The van der Waals surface area contributed by atoms with Crippen molar-refractivity contribution < 1.29 is 5.11 Å². The third-order valence-corrected chi connectivity index (χ3v) is 5.54. The van der Waals surface area contributed by atoms with Crippen LogP contribution in [0.5, 0.6) is 0 Å². The Kier molecular flexibility index (Phi) is 2.74. The molecule has 1 aromatic heterocycles. The van der Waals surface area contributed by atoms with Crippen molar-refractivity contribution in [2.24, 2.45) is 17.8 Å². The van der Waals surface area contributed by atoms with Gasteiger partial charge in [0.05, 0.1) is 5.52 Å². The van der Waals surface area contributed by atoms with Crippen LogP contribution in [0.25, 0.3) is 10.9 Å². The van der Waals surface area contributed by atoms with Crippen molar-refractivity contribution in [3.63, 3.8) is 0 Å². The molecular formula is C15H18N2OS. The molecule has 2 fully saturated rings. The molecule has 1 aliphatic heterocycles. The normalized spacial score (nSPS) is 27.3. The van der Waals surface area contributed by atoms with Gasteiger partial charge in [0.1, 0.15) is 5.00 Å². The van der Waals surface area contributed by atoms with E-state index in [1.165, 1.54) is 23.2 Å². The zero-order chi connectivity index (χ0) is 12.8. The van der Waals surface area contributed by atoms with Crippen LogP contribution in [0.2, 0.25) is 0 Å². The van der Waals surface area contributed by atoms with Crippen LogP contribution < -0.4 is 4.90 Å². The lowest BCUT2D eigenvalue weighted by molar-refractivity contribution is 0.196. The molecule has 1 aliphatic carbocycles. The van der Waals surface area contributed by atoms with E-state index in [0.717, 1.165) is 24.5 Å². The van der Waals surface area contributed by atoms with Crippen LogP contribution in [0.15, 0.2) is 24.3 Å². The average Bonchev–Trinajstić information content (AvgIpc) is 3.06. The molecule has 4 rings (SSSR count). The van der Waals surface area contributed by atoms with Crippen molar-refractivity contribution in [3.8, 4) is 0 Å². The molecule has 1 aromatic carbocycles. The molecule has 4 heteroatoms. The quantitative estimate of drug-likeness (QED) is 0.935. The Bertz CT molecular complexity index is 593. The molecule has 1 saturated heterocycles. The molecule has 2 heterocycles. The van der Waals surface area contributed by atoms with Crippen LogP contribution in [0, 0.1) is 17.8 Å².